The van der Waals surface area contributed by atoms with E-state index in [1.54, 1.807) is 19.1 Å². The van der Waals surface area contributed by atoms with Gasteiger partial charge in [-0.15, -0.1) is 0 Å². The molecule has 4 N–H and O–H groups in total. The lowest BCUT2D eigenvalue weighted by molar-refractivity contribution is -0.139. The predicted molar refractivity (Wildman–Crippen MR) is 67.7 cm³/mol. The first-order valence-corrected chi connectivity index (χ1v) is 5.83. The van der Waals surface area contributed by atoms with Gasteiger partial charge in [-0.05, 0) is 40.5 Å². The third kappa shape index (κ3) is 3.45. The number of amides is 1. The van der Waals surface area contributed by atoms with Crippen LogP contribution >= 0.6 is 15.9 Å². The van der Waals surface area contributed by atoms with Gasteiger partial charge in [-0.1, -0.05) is 6.92 Å². The molecule has 0 bridgehead atoms. The molecule has 17 heavy (non-hydrogen) atoms. The predicted octanol–water partition coefficient (Wildman–Crippen LogP) is 1.62. The fourth-order valence-electron chi connectivity index (χ4n) is 1.26. The van der Waals surface area contributed by atoms with Crippen LogP contribution in [0.15, 0.2) is 22.7 Å². The van der Waals surface area contributed by atoms with Gasteiger partial charge >= 0.3 is 5.97 Å². The minimum Gasteiger partial charge on any atom is -0.480 e. The van der Waals surface area contributed by atoms with Crippen molar-refractivity contribution in [3.63, 3.8) is 0 Å². The van der Waals surface area contributed by atoms with Crippen LogP contribution in [0.25, 0.3) is 0 Å². The summed E-state index contributed by atoms with van der Waals surface area (Å²) in [5, 5.41) is 11.2. The van der Waals surface area contributed by atoms with Crippen LogP contribution in [0.3, 0.4) is 0 Å². The van der Waals surface area contributed by atoms with Crippen LogP contribution in [0.5, 0.6) is 0 Å². The first kappa shape index (κ1) is 13.5. The number of nitrogen functional groups attached to an aromatic ring is 1. The second-order valence-corrected chi connectivity index (χ2v) is 4.36. The van der Waals surface area contributed by atoms with E-state index in [4.69, 9.17) is 10.8 Å². The number of nitrogens with two attached hydrogens (primary N) is 1. The van der Waals surface area contributed by atoms with E-state index in [1.807, 2.05) is 0 Å². The Morgan fingerprint density at radius 1 is 1.53 bits per heavy atom. The van der Waals surface area contributed by atoms with Gasteiger partial charge in [0.1, 0.15) is 6.04 Å². The minimum absolute atomic E-state index is 0.326. The molecule has 5 nitrogen and oxygen atoms in total. The molecule has 0 fully saturated rings. The van der Waals surface area contributed by atoms with Crippen LogP contribution in [0.1, 0.15) is 23.7 Å². The Hall–Kier alpha value is -1.56. The average Bonchev–Trinajstić information content (AvgIpc) is 2.28. The summed E-state index contributed by atoms with van der Waals surface area (Å²) in [6, 6.07) is 3.83. The summed E-state index contributed by atoms with van der Waals surface area (Å²) in [5.74, 6) is -1.50. The second kappa shape index (κ2) is 5.67. The van der Waals surface area contributed by atoms with Gasteiger partial charge in [0.15, 0.2) is 0 Å². The Bertz CT molecular complexity index is 448. The van der Waals surface area contributed by atoms with Crippen molar-refractivity contribution in [2.45, 2.75) is 19.4 Å². The largest absolute Gasteiger partial charge is 0.480 e. The molecule has 1 aromatic rings. The lowest BCUT2D eigenvalue weighted by Gasteiger charge is -2.12. The lowest BCUT2D eigenvalue weighted by atomic mass is 10.1. The molecule has 1 aromatic carbocycles. The van der Waals surface area contributed by atoms with Gasteiger partial charge in [-0.25, -0.2) is 4.79 Å². The summed E-state index contributed by atoms with van der Waals surface area (Å²) >= 11 is 3.22. The number of nitrogens with one attached hydrogen (secondary N) is 1. The van der Waals surface area contributed by atoms with E-state index in [1.165, 1.54) is 6.07 Å². The SMILES string of the molecule is CCC(NC(=O)c1ccc(Br)c(N)c1)C(=O)O. The molecule has 1 rings (SSSR count). The van der Waals surface area contributed by atoms with Crippen molar-refractivity contribution in [2.24, 2.45) is 0 Å². The van der Waals surface area contributed by atoms with Crippen LogP contribution in [-0.2, 0) is 4.79 Å². The third-order valence-corrected chi connectivity index (χ3v) is 2.99. The molecule has 92 valence electrons. The van der Waals surface area contributed by atoms with E-state index in [9.17, 15) is 9.59 Å². The lowest BCUT2D eigenvalue weighted by Crippen LogP contribution is -2.40. The summed E-state index contributed by atoms with van der Waals surface area (Å²) < 4.78 is 0.694. The molecule has 1 unspecified atom stereocenters. The van der Waals surface area contributed by atoms with E-state index >= 15 is 0 Å². The van der Waals surface area contributed by atoms with E-state index in [-0.39, 0.29) is 0 Å². The number of anilines is 1. The number of benzene rings is 1. The highest BCUT2D eigenvalue weighted by atomic mass is 79.9. The Morgan fingerprint density at radius 2 is 2.18 bits per heavy atom. The molecule has 0 radical (unpaired) electrons. The van der Waals surface area contributed by atoms with Crippen molar-refractivity contribution in [3.05, 3.63) is 28.2 Å². The number of carbonyl (C=O) groups excluding carboxylic acids is 1. The zero-order chi connectivity index (χ0) is 13.0. The normalized spacial score (nSPS) is 11.9. The number of carbonyl (C=O) groups is 2. The van der Waals surface area contributed by atoms with E-state index in [2.05, 4.69) is 21.2 Å². The standard InChI is InChI=1S/C11H13BrN2O3/c1-2-9(11(16)17)14-10(15)6-3-4-7(12)8(13)5-6/h3-5,9H,2,13H2,1H3,(H,14,15)(H,16,17). The van der Waals surface area contributed by atoms with Gasteiger partial charge in [0.25, 0.3) is 5.91 Å². The first-order chi connectivity index (χ1) is 7.95. The summed E-state index contributed by atoms with van der Waals surface area (Å²) in [6.07, 6.45) is 0.326. The number of hydrogen-bond acceptors (Lipinski definition) is 3. The van der Waals surface area contributed by atoms with Gasteiger partial charge in [-0.3, -0.25) is 4.79 Å². The summed E-state index contributed by atoms with van der Waals surface area (Å²) in [7, 11) is 0. The number of rotatable bonds is 4. The highest BCUT2D eigenvalue weighted by Gasteiger charge is 2.18. The zero-order valence-corrected chi connectivity index (χ0v) is 10.8. The molecule has 0 spiro atoms. The maximum Gasteiger partial charge on any atom is 0.326 e. The van der Waals surface area contributed by atoms with Gasteiger partial charge in [0.2, 0.25) is 0 Å². The number of carboxylic acid groups (broad SMARTS) is 1. The van der Waals surface area contributed by atoms with Gasteiger partial charge in [0.05, 0.1) is 0 Å². The molecule has 0 saturated carbocycles. The molecule has 6 heteroatoms. The van der Waals surface area contributed by atoms with Crippen LogP contribution in [0.4, 0.5) is 5.69 Å². The quantitative estimate of drug-likeness (QED) is 0.737. The fraction of sp³-hybridized carbons (Fsp3) is 0.273. The van der Waals surface area contributed by atoms with Crippen molar-refractivity contribution in [3.8, 4) is 0 Å². The van der Waals surface area contributed by atoms with Crippen molar-refractivity contribution in [2.75, 3.05) is 5.73 Å². The molecular weight excluding hydrogens is 288 g/mol. The maximum atomic E-state index is 11.7. The Morgan fingerprint density at radius 3 is 2.65 bits per heavy atom. The van der Waals surface area contributed by atoms with Gasteiger partial charge < -0.3 is 16.2 Å². The van der Waals surface area contributed by atoms with Crippen molar-refractivity contribution >= 4 is 33.5 Å². The second-order valence-electron chi connectivity index (χ2n) is 3.51. The molecule has 0 saturated heterocycles. The fourth-order valence-corrected chi connectivity index (χ4v) is 1.51. The third-order valence-electron chi connectivity index (χ3n) is 2.27. The number of hydrogen-bond donors (Lipinski definition) is 3. The number of aliphatic carboxylic acids is 1. The molecule has 0 aromatic heterocycles. The molecule has 0 heterocycles. The topological polar surface area (TPSA) is 92.4 Å². The Kier molecular flexibility index (Phi) is 4.51. The minimum atomic E-state index is -1.05. The van der Waals surface area contributed by atoms with E-state index in [0.29, 0.717) is 22.1 Å². The maximum absolute atomic E-state index is 11.7. The number of carboxylic acids is 1. The highest BCUT2D eigenvalue weighted by molar-refractivity contribution is 9.10. The van der Waals surface area contributed by atoms with Crippen LogP contribution < -0.4 is 11.1 Å². The molecular formula is C11H13BrN2O3. The molecule has 0 aliphatic heterocycles. The summed E-state index contributed by atoms with van der Waals surface area (Å²) in [5.41, 5.74) is 6.41. The van der Waals surface area contributed by atoms with E-state index in [0.717, 1.165) is 0 Å². The van der Waals surface area contributed by atoms with Crippen LogP contribution in [-0.4, -0.2) is 23.0 Å². The summed E-state index contributed by atoms with van der Waals surface area (Å²) in [4.78, 5) is 22.5. The van der Waals surface area contributed by atoms with Gasteiger partial charge in [-0.2, -0.15) is 0 Å². The molecule has 0 aliphatic rings. The Balaban J connectivity index is 2.82. The Labute approximate surface area is 107 Å². The van der Waals surface area contributed by atoms with E-state index < -0.39 is 17.9 Å². The van der Waals surface area contributed by atoms with Crippen LogP contribution in [0, 0.1) is 0 Å². The smallest absolute Gasteiger partial charge is 0.326 e. The van der Waals surface area contributed by atoms with Gasteiger partial charge in [0, 0.05) is 15.7 Å². The summed E-state index contributed by atoms with van der Waals surface area (Å²) in [6.45, 7) is 1.69. The van der Waals surface area contributed by atoms with Crippen molar-refractivity contribution in [1.29, 1.82) is 0 Å². The molecule has 1 amide bonds. The van der Waals surface area contributed by atoms with Crippen LogP contribution in [0.2, 0.25) is 0 Å². The zero-order valence-electron chi connectivity index (χ0n) is 9.24. The number of halogens is 1. The monoisotopic (exact) mass is 300 g/mol. The molecule has 0 aliphatic carbocycles. The molecule has 1 atom stereocenters. The average molecular weight is 301 g/mol. The first-order valence-electron chi connectivity index (χ1n) is 5.04. The van der Waals surface area contributed by atoms with Crippen molar-refractivity contribution in [1.82, 2.24) is 5.32 Å². The van der Waals surface area contributed by atoms with Crippen molar-refractivity contribution < 1.29 is 14.7 Å². The highest BCUT2D eigenvalue weighted by Crippen LogP contribution is 2.20.